The van der Waals surface area contributed by atoms with E-state index < -0.39 is 24.6 Å². The number of hydrogen-bond donors (Lipinski definition) is 1. The van der Waals surface area contributed by atoms with Crippen molar-refractivity contribution in [2.24, 2.45) is 0 Å². The Labute approximate surface area is 186 Å². The minimum atomic E-state index is -0.930. The first-order valence-corrected chi connectivity index (χ1v) is 10.6. The molecule has 160 valence electrons. The van der Waals surface area contributed by atoms with Gasteiger partial charge < -0.3 is 19.7 Å². The molecule has 1 N–H and O–H groups in total. The van der Waals surface area contributed by atoms with Crippen LogP contribution in [-0.4, -0.2) is 37.7 Å². The van der Waals surface area contributed by atoms with Gasteiger partial charge in [0.05, 0.1) is 5.02 Å². The fourth-order valence-electron chi connectivity index (χ4n) is 3.17. The van der Waals surface area contributed by atoms with Crippen LogP contribution < -0.4 is 15.0 Å². The van der Waals surface area contributed by atoms with Gasteiger partial charge in [-0.05, 0) is 68.7 Å². The summed E-state index contributed by atoms with van der Waals surface area (Å²) in [6, 6.07) is 12.3. The van der Waals surface area contributed by atoms with Gasteiger partial charge >= 0.3 is 5.97 Å². The molecule has 1 aliphatic rings. The summed E-state index contributed by atoms with van der Waals surface area (Å²) in [6.07, 6.45) is 2.76. The lowest BCUT2D eigenvalue weighted by atomic mass is 10.1. The molecule has 1 heterocycles. The van der Waals surface area contributed by atoms with Crippen LogP contribution in [0.1, 0.15) is 26.2 Å². The molecule has 3 rings (SSSR count). The van der Waals surface area contributed by atoms with E-state index >= 15 is 0 Å². The molecule has 0 aromatic heterocycles. The molecular formula is C22H24Cl2N2O4. The summed E-state index contributed by atoms with van der Waals surface area (Å²) in [7, 11) is 0. The van der Waals surface area contributed by atoms with Gasteiger partial charge in [0.25, 0.3) is 5.91 Å². The van der Waals surface area contributed by atoms with Crippen LogP contribution in [0.5, 0.6) is 5.75 Å². The van der Waals surface area contributed by atoms with Gasteiger partial charge in [-0.2, -0.15) is 0 Å². The molecule has 1 atom stereocenters. The largest absolute Gasteiger partial charge is 0.477 e. The van der Waals surface area contributed by atoms with E-state index in [4.69, 9.17) is 32.7 Å². The minimum Gasteiger partial charge on any atom is -0.477 e. The third-order valence-corrected chi connectivity index (χ3v) is 5.28. The smallest absolute Gasteiger partial charge is 0.347 e. The summed E-state index contributed by atoms with van der Waals surface area (Å²) < 4.78 is 10.5. The lowest BCUT2D eigenvalue weighted by Gasteiger charge is -2.28. The third kappa shape index (κ3) is 6.28. The number of halogens is 2. The number of benzene rings is 2. The standard InChI is InChI=1S/C22H24Cl2N2O4/c1-15(30-20-10-5-16(23)13-19(20)24)22(28)29-14-21(27)25-17-6-8-18(9-7-17)26-11-3-2-4-12-26/h5-10,13,15H,2-4,11-12,14H2,1H3,(H,25,27). The maximum Gasteiger partial charge on any atom is 0.347 e. The van der Waals surface area contributed by atoms with Gasteiger partial charge in [-0.15, -0.1) is 0 Å². The number of nitrogens with zero attached hydrogens (tertiary/aromatic N) is 1. The Morgan fingerprint density at radius 3 is 2.43 bits per heavy atom. The lowest BCUT2D eigenvalue weighted by Crippen LogP contribution is -2.30. The Bertz CT molecular complexity index is 883. The molecule has 0 radical (unpaired) electrons. The summed E-state index contributed by atoms with van der Waals surface area (Å²) in [5.74, 6) is -0.786. The van der Waals surface area contributed by atoms with E-state index in [1.165, 1.54) is 32.3 Å². The molecule has 8 heteroatoms. The van der Waals surface area contributed by atoms with E-state index in [1.807, 2.05) is 24.3 Å². The van der Waals surface area contributed by atoms with Crippen molar-refractivity contribution >= 4 is 46.5 Å². The van der Waals surface area contributed by atoms with Crippen molar-refractivity contribution in [3.05, 3.63) is 52.5 Å². The minimum absolute atomic E-state index is 0.285. The normalized spacial score (nSPS) is 14.7. The zero-order chi connectivity index (χ0) is 21.5. The van der Waals surface area contributed by atoms with E-state index in [0.717, 1.165) is 18.8 Å². The van der Waals surface area contributed by atoms with Crippen LogP contribution in [0.3, 0.4) is 0 Å². The second-order valence-corrected chi connectivity index (χ2v) is 7.93. The SMILES string of the molecule is CC(Oc1ccc(Cl)cc1Cl)C(=O)OCC(=O)Nc1ccc(N2CCCCC2)cc1. The van der Waals surface area contributed by atoms with E-state index in [2.05, 4.69) is 10.2 Å². The van der Waals surface area contributed by atoms with Crippen LogP contribution in [0.25, 0.3) is 0 Å². The molecular weight excluding hydrogens is 427 g/mol. The molecule has 1 amide bonds. The van der Waals surface area contributed by atoms with Crippen LogP contribution in [0.15, 0.2) is 42.5 Å². The summed E-state index contributed by atoms with van der Waals surface area (Å²) in [5.41, 5.74) is 1.79. The number of amides is 1. The van der Waals surface area contributed by atoms with Crippen LogP contribution in [0.4, 0.5) is 11.4 Å². The van der Waals surface area contributed by atoms with Crippen molar-refractivity contribution in [2.45, 2.75) is 32.3 Å². The first kappa shape index (κ1) is 22.2. The Kier molecular flexibility index (Phi) is 7.82. The average molecular weight is 451 g/mol. The quantitative estimate of drug-likeness (QED) is 0.605. The summed E-state index contributed by atoms with van der Waals surface area (Å²) in [6.45, 7) is 3.23. The zero-order valence-corrected chi connectivity index (χ0v) is 18.2. The number of piperidine rings is 1. The number of esters is 1. The van der Waals surface area contributed by atoms with Gasteiger partial charge in [-0.25, -0.2) is 4.79 Å². The Hall–Kier alpha value is -2.44. The Balaban J connectivity index is 1.44. The van der Waals surface area contributed by atoms with Crippen LogP contribution in [-0.2, 0) is 14.3 Å². The highest BCUT2D eigenvalue weighted by molar-refractivity contribution is 6.35. The van der Waals surface area contributed by atoms with Crippen LogP contribution in [0.2, 0.25) is 10.0 Å². The van der Waals surface area contributed by atoms with Gasteiger partial charge in [-0.1, -0.05) is 23.2 Å². The topological polar surface area (TPSA) is 67.9 Å². The van der Waals surface area contributed by atoms with Crippen molar-refractivity contribution in [1.82, 2.24) is 0 Å². The molecule has 2 aromatic carbocycles. The second kappa shape index (κ2) is 10.5. The number of rotatable bonds is 7. The highest BCUT2D eigenvalue weighted by Crippen LogP contribution is 2.28. The number of carbonyl (C=O) groups excluding carboxylic acids is 2. The highest BCUT2D eigenvalue weighted by Gasteiger charge is 2.19. The Morgan fingerprint density at radius 2 is 1.77 bits per heavy atom. The van der Waals surface area contributed by atoms with E-state index in [0.29, 0.717) is 16.5 Å². The van der Waals surface area contributed by atoms with Crippen molar-refractivity contribution in [1.29, 1.82) is 0 Å². The summed E-state index contributed by atoms with van der Waals surface area (Å²) >= 11 is 11.9. The van der Waals surface area contributed by atoms with Gasteiger partial charge in [-0.3, -0.25) is 4.79 Å². The van der Waals surface area contributed by atoms with Gasteiger partial charge in [0, 0.05) is 29.5 Å². The van der Waals surface area contributed by atoms with Gasteiger partial charge in [0.2, 0.25) is 0 Å². The molecule has 0 spiro atoms. The van der Waals surface area contributed by atoms with Gasteiger partial charge in [0.15, 0.2) is 12.7 Å². The maximum atomic E-state index is 12.1. The molecule has 0 bridgehead atoms. The summed E-state index contributed by atoms with van der Waals surface area (Å²) in [5, 5.41) is 3.47. The van der Waals surface area contributed by atoms with E-state index in [-0.39, 0.29) is 5.02 Å². The van der Waals surface area contributed by atoms with Crippen LogP contribution in [0, 0.1) is 0 Å². The number of nitrogens with one attached hydrogen (secondary N) is 1. The van der Waals surface area contributed by atoms with Gasteiger partial charge in [0.1, 0.15) is 5.75 Å². The van der Waals surface area contributed by atoms with E-state index in [9.17, 15) is 9.59 Å². The fourth-order valence-corrected chi connectivity index (χ4v) is 3.62. The molecule has 2 aromatic rings. The van der Waals surface area contributed by atoms with Crippen molar-refractivity contribution in [2.75, 3.05) is 29.9 Å². The monoisotopic (exact) mass is 450 g/mol. The van der Waals surface area contributed by atoms with Crippen LogP contribution >= 0.6 is 23.2 Å². The highest BCUT2D eigenvalue weighted by atomic mass is 35.5. The molecule has 6 nitrogen and oxygen atoms in total. The molecule has 0 aliphatic carbocycles. The summed E-state index contributed by atoms with van der Waals surface area (Å²) in [4.78, 5) is 26.5. The zero-order valence-electron chi connectivity index (χ0n) is 16.7. The van der Waals surface area contributed by atoms with E-state index in [1.54, 1.807) is 12.1 Å². The second-order valence-electron chi connectivity index (χ2n) is 7.09. The molecule has 0 saturated carbocycles. The first-order chi connectivity index (χ1) is 14.4. The predicted molar refractivity (Wildman–Crippen MR) is 119 cm³/mol. The molecule has 1 fully saturated rings. The predicted octanol–water partition coefficient (Wildman–Crippen LogP) is 4.93. The Morgan fingerprint density at radius 1 is 1.07 bits per heavy atom. The van der Waals surface area contributed by atoms with Crippen molar-refractivity contribution < 1.29 is 19.1 Å². The fraction of sp³-hybridized carbons (Fsp3) is 0.364. The molecule has 1 unspecified atom stereocenters. The third-order valence-electron chi connectivity index (χ3n) is 4.75. The number of hydrogen-bond acceptors (Lipinski definition) is 5. The lowest BCUT2D eigenvalue weighted by molar-refractivity contribution is -0.153. The average Bonchev–Trinajstić information content (AvgIpc) is 2.75. The first-order valence-electron chi connectivity index (χ1n) is 9.85. The molecule has 1 saturated heterocycles. The number of anilines is 2. The van der Waals surface area contributed by atoms with Crippen molar-refractivity contribution in [3.8, 4) is 5.75 Å². The molecule has 1 aliphatic heterocycles. The number of ether oxygens (including phenoxy) is 2. The maximum absolute atomic E-state index is 12.1. The number of carbonyl (C=O) groups is 2. The molecule has 30 heavy (non-hydrogen) atoms. The van der Waals surface area contributed by atoms with Crippen molar-refractivity contribution in [3.63, 3.8) is 0 Å².